The lowest BCUT2D eigenvalue weighted by Gasteiger charge is -2.24. The van der Waals surface area contributed by atoms with Gasteiger partial charge in [0.05, 0.1) is 11.3 Å². The Kier molecular flexibility index (Phi) is 4.51. The molecule has 0 aliphatic carbocycles. The van der Waals surface area contributed by atoms with Crippen LogP contribution >= 0.6 is 0 Å². The minimum atomic E-state index is -0.826. The molecule has 17 heavy (non-hydrogen) atoms. The van der Waals surface area contributed by atoms with Crippen molar-refractivity contribution in [2.75, 3.05) is 19.6 Å². The number of aliphatic carboxylic acids is 1. The number of carbonyl (C=O) groups is 2. The largest absolute Gasteiger partial charge is 0.481 e. The number of hydrogen-bond donors (Lipinski definition) is 2. The summed E-state index contributed by atoms with van der Waals surface area (Å²) in [6, 6.07) is 0. The first-order valence-corrected chi connectivity index (χ1v) is 6.17. The topological polar surface area (TPSA) is 83.6 Å². The molecule has 98 valence electrons. The van der Waals surface area contributed by atoms with Crippen molar-refractivity contribution < 1.29 is 14.7 Å². The molecule has 1 rings (SSSR count). The van der Waals surface area contributed by atoms with E-state index in [0.717, 1.165) is 12.8 Å². The van der Waals surface area contributed by atoms with Crippen LogP contribution in [0.3, 0.4) is 0 Å². The van der Waals surface area contributed by atoms with Crippen molar-refractivity contribution >= 4 is 11.9 Å². The van der Waals surface area contributed by atoms with Gasteiger partial charge in [0.25, 0.3) is 0 Å². The number of nitrogens with two attached hydrogens (primary N) is 1. The Morgan fingerprint density at radius 1 is 1.53 bits per heavy atom. The van der Waals surface area contributed by atoms with Gasteiger partial charge in [0.2, 0.25) is 5.91 Å². The highest BCUT2D eigenvalue weighted by molar-refractivity contribution is 5.82. The predicted octanol–water partition coefficient (Wildman–Crippen LogP) is 0.685. The molecule has 0 saturated carbocycles. The minimum Gasteiger partial charge on any atom is -0.481 e. The van der Waals surface area contributed by atoms with Crippen LogP contribution in [0.15, 0.2) is 0 Å². The van der Waals surface area contributed by atoms with Gasteiger partial charge in [0.1, 0.15) is 0 Å². The minimum absolute atomic E-state index is 0.0133. The van der Waals surface area contributed by atoms with Crippen LogP contribution in [-0.4, -0.2) is 41.5 Å². The molecule has 5 nitrogen and oxygen atoms in total. The van der Waals surface area contributed by atoms with Gasteiger partial charge >= 0.3 is 5.97 Å². The first-order valence-electron chi connectivity index (χ1n) is 6.17. The lowest BCUT2D eigenvalue weighted by molar-refractivity contribution is -0.147. The fraction of sp³-hybridized carbons (Fsp3) is 0.833. The molecular weight excluding hydrogens is 220 g/mol. The van der Waals surface area contributed by atoms with E-state index in [4.69, 9.17) is 10.8 Å². The standard InChI is InChI=1S/C12H22N2O3/c1-3-4-9(7-13)10(15)14-6-5-12(2,8-14)11(16)17/h9H,3-8,13H2,1-2H3,(H,16,17). The molecule has 0 radical (unpaired) electrons. The van der Waals surface area contributed by atoms with Crippen LogP contribution in [0.2, 0.25) is 0 Å². The Labute approximate surface area is 102 Å². The molecule has 1 aliphatic heterocycles. The number of rotatable bonds is 5. The maximum atomic E-state index is 12.1. The van der Waals surface area contributed by atoms with Crippen LogP contribution in [0, 0.1) is 11.3 Å². The van der Waals surface area contributed by atoms with Crippen molar-refractivity contribution in [2.24, 2.45) is 17.1 Å². The van der Waals surface area contributed by atoms with Crippen LogP contribution in [0.4, 0.5) is 0 Å². The monoisotopic (exact) mass is 242 g/mol. The Morgan fingerprint density at radius 3 is 2.59 bits per heavy atom. The zero-order valence-electron chi connectivity index (χ0n) is 10.6. The molecule has 2 atom stereocenters. The number of likely N-dealkylation sites (tertiary alicyclic amines) is 1. The van der Waals surface area contributed by atoms with E-state index in [0.29, 0.717) is 26.1 Å². The summed E-state index contributed by atoms with van der Waals surface area (Å²) in [7, 11) is 0. The summed E-state index contributed by atoms with van der Waals surface area (Å²) in [5.41, 5.74) is 4.80. The molecule has 3 N–H and O–H groups in total. The summed E-state index contributed by atoms with van der Waals surface area (Å²) < 4.78 is 0. The quantitative estimate of drug-likeness (QED) is 0.742. The third-order valence-electron chi connectivity index (χ3n) is 3.57. The summed E-state index contributed by atoms with van der Waals surface area (Å²) in [6.07, 6.45) is 2.21. The molecule has 1 saturated heterocycles. The maximum Gasteiger partial charge on any atom is 0.311 e. The molecule has 0 aromatic rings. The lowest BCUT2D eigenvalue weighted by Crippen LogP contribution is -2.40. The van der Waals surface area contributed by atoms with Crippen LogP contribution < -0.4 is 5.73 Å². The second-order valence-corrected chi connectivity index (χ2v) is 5.10. The van der Waals surface area contributed by atoms with E-state index in [1.807, 2.05) is 6.92 Å². The van der Waals surface area contributed by atoms with Gasteiger partial charge in [0, 0.05) is 19.6 Å². The fourth-order valence-electron chi connectivity index (χ4n) is 2.27. The second-order valence-electron chi connectivity index (χ2n) is 5.10. The van der Waals surface area contributed by atoms with Crippen LogP contribution in [0.5, 0.6) is 0 Å². The molecule has 5 heteroatoms. The summed E-state index contributed by atoms with van der Waals surface area (Å²) in [5, 5.41) is 9.11. The van der Waals surface area contributed by atoms with Crippen molar-refractivity contribution in [3.63, 3.8) is 0 Å². The zero-order valence-corrected chi connectivity index (χ0v) is 10.6. The third-order valence-corrected chi connectivity index (χ3v) is 3.57. The van der Waals surface area contributed by atoms with Gasteiger partial charge in [-0.05, 0) is 19.8 Å². The normalized spacial score (nSPS) is 25.9. The average Bonchev–Trinajstić information content (AvgIpc) is 2.69. The number of amides is 1. The molecule has 2 unspecified atom stereocenters. The van der Waals surface area contributed by atoms with Gasteiger partial charge in [-0.25, -0.2) is 0 Å². The number of hydrogen-bond acceptors (Lipinski definition) is 3. The Hall–Kier alpha value is -1.10. The van der Waals surface area contributed by atoms with Crippen molar-refractivity contribution in [2.45, 2.75) is 33.1 Å². The van der Waals surface area contributed by atoms with Gasteiger partial charge in [-0.2, -0.15) is 0 Å². The maximum absolute atomic E-state index is 12.1. The van der Waals surface area contributed by atoms with Gasteiger partial charge in [-0.15, -0.1) is 0 Å². The molecule has 0 spiro atoms. The highest BCUT2D eigenvalue weighted by Gasteiger charge is 2.42. The summed E-state index contributed by atoms with van der Waals surface area (Å²) in [5.74, 6) is -0.969. The third kappa shape index (κ3) is 2.97. The van der Waals surface area contributed by atoms with E-state index in [9.17, 15) is 9.59 Å². The molecule has 0 bridgehead atoms. The van der Waals surface area contributed by atoms with E-state index >= 15 is 0 Å². The van der Waals surface area contributed by atoms with E-state index in [1.54, 1.807) is 11.8 Å². The first-order chi connectivity index (χ1) is 7.94. The zero-order chi connectivity index (χ0) is 13.1. The van der Waals surface area contributed by atoms with Crippen LogP contribution in [0.25, 0.3) is 0 Å². The highest BCUT2D eigenvalue weighted by atomic mass is 16.4. The van der Waals surface area contributed by atoms with Crippen molar-refractivity contribution in [3.05, 3.63) is 0 Å². The Bertz CT molecular complexity index is 306. The molecule has 0 aromatic heterocycles. The molecular formula is C12H22N2O3. The molecule has 1 amide bonds. The molecule has 1 heterocycles. The number of nitrogens with zero attached hydrogens (tertiary/aromatic N) is 1. The first kappa shape index (κ1) is 14.0. The number of carbonyl (C=O) groups excluding carboxylic acids is 1. The second kappa shape index (κ2) is 5.49. The number of carboxylic acids is 1. The number of carboxylic acid groups (broad SMARTS) is 1. The predicted molar refractivity (Wildman–Crippen MR) is 64.4 cm³/mol. The summed E-state index contributed by atoms with van der Waals surface area (Å²) in [6.45, 7) is 4.89. The van der Waals surface area contributed by atoms with Crippen molar-refractivity contribution in [3.8, 4) is 0 Å². The lowest BCUT2D eigenvalue weighted by atomic mass is 9.90. The van der Waals surface area contributed by atoms with Crippen LogP contribution in [-0.2, 0) is 9.59 Å². The van der Waals surface area contributed by atoms with Crippen molar-refractivity contribution in [1.29, 1.82) is 0 Å². The van der Waals surface area contributed by atoms with Crippen LogP contribution in [0.1, 0.15) is 33.1 Å². The van der Waals surface area contributed by atoms with Gasteiger partial charge in [-0.3, -0.25) is 9.59 Å². The Morgan fingerprint density at radius 2 is 2.18 bits per heavy atom. The molecule has 0 aromatic carbocycles. The average molecular weight is 242 g/mol. The van der Waals surface area contributed by atoms with Gasteiger partial charge in [0.15, 0.2) is 0 Å². The van der Waals surface area contributed by atoms with E-state index in [2.05, 4.69) is 0 Å². The Balaban J connectivity index is 2.64. The van der Waals surface area contributed by atoms with Gasteiger partial charge in [-0.1, -0.05) is 13.3 Å². The molecule has 1 aliphatic rings. The summed E-state index contributed by atoms with van der Waals surface area (Å²) in [4.78, 5) is 24.9. The molecule has 1 fully saturated rings. The summed E-state index contributed by atoms with van der Waals surface area (Å²) >= 11 is 0. The van der Waals surface area contributed by atoms with E-state index < -0.39 is 11.4 Å². The van der Waals surface area contributed by atoms with E-state index in [-0.39, 0.29) is 11.8 Å². The highest BCUT2D eigenvalue weighted by Crippen LogP contribution is 2.31. The van der Waals surface area contributed by atoms with Gasteiger partial charge < -0.3 is 15.7 Å². The SMILES string of the molecule is CCCC(CN)C(=O)N1CCC(C)(C(=O)O)C1. The fourth-order valence-corrected chi connectivity index (χ4v) is 2.27. The smallest absolute Gasteiger partial charge is 0.311 e. The van der Waals surface area contributed by atoms with E-state index in [1.165, 1.54) is 0 Å². The van der Waals surface area contributed by atoms with Crippen molar-refractivity contribution in [1.82, 2.24) is 4.90 Å².